The number of carbonyl (C=O) groups is 1. The number of nitrogens with one attached hydrogen (secondary N) is 2. The van der Waals surface area contributed by atoms with Crippen LogP contribution in [0.2, 0.25) is 10.0 Å². The maximum absolute atomic E-state index is 13.3. The lowest BCUT2D eigenvalue weighted by molar-refractivity contribution is 0.0982. The van der Waals surface area contributed by atoms with Crippen molar-refractivity contribution in [2.24, 2.45) is 0 Å². The third-order valence-corrected chi connectivity index (χ3v) is 7.60. The van der Waals surface area contributed by atoms with Crippen LogP contribution in [0.3, 0.4) is 0 Å². The van der Waals surface area contributed by atoms with Gasteiger partial charge in [-0.3, -0.25) is 9.69 Å². The Hall–Kier alpha value is -3.07. The average molecular weight is 510 g/mol. The minimum Gasteiger partial charge on any atom is -0.365 e. The van der Waals surface area contributed by atoms with Crippen molar-refractivity contribution in [2.45, 2.75) is 25.4 Å². The van der Waals surface area contributed by atoms with E-state index in [1.165, 1.54) is 17.7 Å². The van der Waals surface area contributed by atoms with Gasteiger partial charge in [-0.25, -0.2) is 4.98 Å². The van der Waals surface area contributed by atoms with Gasteiger partial charge in [-0.05, 0) is 49.2 Å². The van der Waals surface area contributed by atoms with Crippen LogP contribution in [-0.2, 0) is 0 Å². The molecule has 0 saturated carbocycles. The molecular weight excluding hydrogens is 485 g/mol. The molecule has 0 aliphatic carbocycles. The average Bonchev–Trinajstić information content (AvgIpc) is 3.46. The van der Waals surface area contributed by atoms with Gasteiger partial charge in [0.15, 0.2) is 0 Å². The molecule has 8 nitrogen and oxygen atoms in total. The van der Waals surface area contributed by atoms with Crippen molar-refractivity contribution in [3.05, 3.63) is 63.8 Å². The predicted molar refractivity (Wildman–Crippen MR) is 141 cm³/mol. The summed E-state index contributed by atoms with van der Waals surface area (Å²) in [5.74, 6) is 0.749. The highest BCUT2D eigenvalue weighted by atomic mass is 35.5. The Bertz CT molecular complexity index is 1310. The Kier molecular flexibility index (Phi) is 5.47. The number of para-hydroxylation sites is 1. The number of anilines is 5. The van der Waals surface area contributed by atoms with Crippen LogP contribution in [0.1, 0.15) is 22.3 Å². The van der Waals surface area contributed by atoms with E-state index in [2.05, 4.69) is 50.6 Å². The second-order valence-corrected chi connectivity index (χ2v) is 10.2. The molecule has 35 heavy (non-hydrogen) atoms. The molecule has 2 saturated heterocycles. The molecule has 1 amide bonds. The lowest BCUT2D eigenvalue weighted by atomic mass is 10.1. The Morgan fingerprint density at radius 3 is 2.66 bits per heavy atom. The van der Waals surface area contributed by atoms with E-state index in [1.54, 1.807) is 29.3 Å². The van der Waals surface area contributed by atoms with Crippen molar-refractivity contribution < 1.29 is 4.79 Å². The van der Waals surface area contributed by atoms with Gasteiger partial charge in [-0.1, -0.05) is 29.3 Å². The summed E-state index contributed by atoms with van der Waals surface area (Å²) in [5, 5.41) is 7.68. The normalized spacial score (nSPS) is 21.0. The molecule has 3 aliphatic heterocycles. The molecule has 0 radical (unpaired) electrons. The molecule has 2 bridgehead atoms. The smallest absolute Gasteiger partial charge is 0.265 e. The van der Waals surface area contributed by atoms with Gasteiger partial charge in [0, 0.05) is 49.8 Å². The van der Waals surface area contributed by atoms with Gasteiger partial charge in [0.2, 0.25) is 5.95 Å². The maximum Gasteiger partial charge on any atom is 0.265 e. The van der Waals surface area contributed by atoms with Crippen LogP contribution in [-0.4, -0.2) is 54.8 Å². The lowest BCUT2D eigenvalue weighted by Crippen LogP contribution is -2.46. The first-order valence-electron chi connectivity index (χ1n) is 11.6. The second kappa shape index (κ2) is 8.55. The van der Waals surface area contributed by atoms with Crippen LogP contribution in [0.25, 0.3) is 0 Å². The van der Waals surface area contributed by atoms with Crippen molar-refractivity contribution in [3.63, 3.8) is 0 Å². The Balaban J connectivity index is 1.24. The van der Waals surface area contributed by atoms with Crippen LogP contribution < -0.4 is 25.3 Å². The number of carbonyl (C=O) groups excluding carboxylic acids is 1. The number of benzene rings is 2. The predicted octanol–water partition coefficient (Wildman–Crippen LogP) is 4.44. The number of nitrogens with zero attached hydrogens (tertiary/aromatic N) is 5. The van der Waals surface area contributed by atoms with E-state index >= 15 is 0 Å². The monoisotopic (exact) mass is 509 g/mol. The van der Waals surface area contributed by atoms with Crippen LogP contribution in [0.15, 0.2) is 42.6 Å². The lowest BCUT2D eigenvalue weighted by Gasteiger charge is -2.35. The van der Waals surface area contributed by atoms with Crippen LogP contribution in [0.4, 0.5) is 28.8 Å². The number of piperazine rings is 1. The summed E-state index contributed by atoms with van der Waals surface area (Å²) in [7, 11) is 1.87. The topological polar surface area (TPSA) is 76.6 Å². The Labute approximate surface area is 213 Å². The van der Waals surface area contributed by atoms with Crippen molar-refractivity contribution in [3.8, 4) is 0 Å². The van der Waals surface area contributed by atoms with E-state index in [9.17, 15) is 4.79 Å². The minimum absolute atomic E-state index is 0.241. The Morgan fingerprint density at radius 1 is 1.17 bits per heavy atom. The van der Waals surface area contributed by atoms with Gasteiger partial charge >= 0.3 is 0 Å². The number of hydrogen-bond acceptors (Lipinski definition) is 7. The van der Waals surface area contributed by atoms with Crippen molar-refractivity contribution in [2.75, 3.05) is 46.8 Å². The van der Waals surface area contributed by atoms with Gasteiger partial charge in [0.1, 0.15) is 11.4 Å². The van der Waals surface area contributed by atoms with Crippen molar-refractivity contribution >= 4 is 57.9 Å². The van der Waals surface area contributed by atoms with E-state index in [0.29, 0.717) is 45.1 Å². The highest BCUT2D eigenvalue weighted by molar-refractivity contribution is 6.40. The highest BCUT2D eigenvalue weighted by Crippen LogP contribution is 2.38. The number of amides is 1. The summed E-state index contributed by atoms with van der Waals surface area (Å²) < 4.78 is 0. The molecule has 180 valence electrons. The first kappa shape index (κ1) is 22.4. The van der Waals surface area contributed by atoms with E-state index in [4.69, 9.17) is 23.2 Å². The zero-order valence-electron chi connectivity index (χ0n) is 19.4. The number of fused-ring (bicyclic) bond motifs is 3. The third-order valence-electron chi connectivity index (χ3n) is 6.99. The van der Waals surface area contributed by atoms with E-state index in [0.717, 1.165) is 18.8 Å². The molecule has 2 N–H and O–H groups in total. The SMILES string of the molecule is Cc1cc(Nc2ncc3c(n2)N(C)CN(c2c(Cl)cccc2Cl)C3=O)ccc1N1CC2CC1CN2. The fraction of sp³-hybridized carbons (Fsp3) is 0.320. The molecule has 3 aliphatic rings. The first-order valence-corrected chi connectivity index (χ1v) is 12.4. The van der Waals surface area contributed by atoms with E-state index in [-0.39, 0.29) is 12.6 Å². The highest BCUT2D eigenvalue weighted by Gasteiger charge is 2.38. The van der Waals surface area contributed by atoms with Gasteiger partial charge in [0.25, 0.3) is 5.91 Å². The van der Waals surface area contributed by atoms with Crippen LogP contribution >= 0.6 is 23.2 Å². The number of hydrogen-bond donors (Lipinski definition) is 2. The van der Waals surface area contributed by atoms with Gasteiger partial charge in [-0.15, -0.1) is 0 Å². The maximum atomic E-state index is 13.3. The molecular formula is C25H25Cl2N7O. The summed E-state index contributed by atoms with van der Waals surface area (Å²) >= 11 is 12.7. The van der Waals surface area contributed by atoms with Crippen molar-refractivity contribution in [1.29, 1.82) is 0 Å². The molecule has 0 spiro atoms. The van der Waals surface area contributed by atoms with Crippen LogP contribution in [0, 0.1) is 6.92 Å². The third kappa shape index (κ3) is 3.86. The summed E-state index contributed by atoms with van der Waals surface area (Å²) in [4.78, 5) is 28.3. The fourth-order valence-electron chi connectivity index (χ4n) is 5.32. The molecule has 6 rings (SSSR count). The number of aryl methyl sites for hydroxylation is 1. The molecule has 10 heteroatoms. The number of halogens is 2. The summed E-state index contributed by atoms with van der Waals surface area (Å²) in [6, 6.07) is 12.7. The van der Waals surface area contributed by atoms with Crippen LogP contribution in [0.5, 0.6) is 0 Å². The standard InChI is InChI=1S/C25H25Cl2N7O/c1-14-8-15(6-7-21(14)33-12-16-9-17(33)10-28-16)30-25-29-11-18-23(31-25)32(2)13-34(24(18)35)22-19(26)4-3-5-20(22)27/h3-8,11,16-17,28H,9-10,12-13H2,1-2H3,(H,29,30,31). The Morgan fingerprint density at radius 2 is 1.97 bits per heavy atom. The quantitative estimate of drug-likeness (QED) is 0.538. The molecule has 2 aromatic carbocycles. The molecule has 2 fully saturated rings. The molecule has 3 aromatic rings. The zero-order chi connectivity index (χ0) is 24.3. The molecule has 1 aromatic heterocycles. The van der Waals surface area contributed by atoms with E-state index < -0.39 is 0 Å². The number of rotatable bonds is 4. The second-order valence-electron chi connectivity index (χ2n) is 9.35. The summed E-state index contributed by atoms with van der Waals surface area (Å²) in [5.41, 5.74) is 4.27. The molecule has 2 unspecified atom stereocenters. The molecule has 4 heterocycles. The summed E-state index contributed by atoms with van der Waals surface area (Å²) in [6.07, 6.45) is 2.77. The van der Waals surface area contributed by atoms with Crippen molar-refractivity contribution in [1.82, 2.24) is 15.3 Å². The minimum atomic E-state index is -0.241. The van der Waals surface area contributed by atoms with Gasteiger partial charge in [-0.2, -0.15) is 4.98 Å². The fourth-order valence-corrected chi connectivity index (χ4v) is 5.92. The largest absolute Gasteiger partial charge is 0.365 e. The van der Waals surface area contributed by atoms with Gasteiger partial charge in [0.05, 0.1) is 22.4 Å². The summed E-state index contributed by atoms with van der Waals surface area (Å²) in [6.45, 7) is 4.52. The zero-order valence-corrected chi connectivity index (χ0v) is 20.9. The number of aromatic nitrogens is 2. The van der Waals surface area contributed by atoms with E-state index in [1.807, 2.05) is 11.9 Å². The first-order chi connectivity index (χ1) is 16.9. The van der Waals surface area contributed by atoms with Gasteiger partial charge < -0.3 is 20.4 Å². The molecule has 2 atom stereocenters.